The summed E-state index contributed by atoms with van der Waals surface area (Å²) in [5, 5.41) is 3.35. The Morgan fingerprint density at radius 3 is 2.76 bits per heavy atom. The van der Waals surface area contributed by atoms with Crippen molar-refractivity contribution in [3.8, 4) is 0 Å². The van der Waals surface area contributed by atoms with Crippen molar-refractivity contribution in [3.63, 3.8) is 0 Å². The zero-order valence-corrected chi connectivity index (χ0v) is 12.5. The molecule has 2 aromatic rings. The molecule has 110 valence electrons. The van der Waals surface area contributed by atoms with Crippen LogP contribution in [0, 0.1) is 6.92 Å². The van der Waals surface area contributed by atoms with Gasteiger partial charge in [0, 0.05) is 25.0 Å². The van der Waals surface area contributed by atoms with Crippen LogP contribution >= 0.6 is 0 Å². The number of rotatable bonds is 3. The Balaban J connectivity index is 1.71. The number of aryl methyl sites for hydroxylation is 1. The highest BCUT2D eigenvalue weighted by molar-refractivity contribution is 5.59. The number of ether oxygens (including phenoxy) is 1. The normalized spacial score (nSPS) is 19.4. The third-order valence-corrected chi connectivity index (χ3v) is 3.82. The molecule has 1 aromatic carbocycles. The van der Waals surface area contributed by atoms with Gasteiger partial charge in [0.25, 0.3) is 0 Å². The minimum atomic E-state index is 0.175. The third kappa shape index (κ3) is 3.40. The first kappa shape index (κ1) is 14.0. The number of nitrogens with one attached hydrogen (secondary N) is 1. The monoisotopic (exact) mass is 283 g/mol. The molecule has 0 radical (unpaired) electrons. The maximum Gasteiger partial charge on any atom is 0.133 e. The summed E-state index contributed by atoms with van der Waals surface area (Å²) in [5.41, 5.74) is 3.41. The van der Waals surface area contributed by atoms with Crippen molar-refractivity contribution in [1.82, 2.24) is 9.88 Å². The molecule has 0 bridgehead atoms. The number of hydrogen-bond acceptors (Lipinski definition) is 4. The van der Waals surface area contributed by atoms with E-state index in [9.17, 15) is 0 Å². The summed E-state index contributed by atoms with van der Waals surface area (Å²) in [5.74, 6) is 0.902. The van der Waals surface area contributed by atoms with E-state index < -0.39 is 0 Å². The molecule has 2 heterocycles. The number of anilines is 2. The maximum absolute atomic E-state index is 5.84. The molecule has 1 atom stereocenters. The van der Waals surface area contributed by atoms with Crippen LogP contribution in [0.4, 0.5) is 11.5 Å². The van der Waals surface area contributed by atoms with Crippen LogP contribution in [-0.2, 0) is 4.74 Å². The molecule has 1 unspecified atom stereocenters. The van der Waals surface area contributed by atoms with E-state index in [0.29, 0.717) is 0 Å². The number of benzene rings is 1. The van der Waals surface area contributed by atoms with E-state index in [-0.39, 0.29) is 6.10 Å². The predicted molar refractivity (Wildman–Crippen MR) is 84.9 cm³/mol. The van der Waals surface area contributed by atoms with Crippen LogP contribution in [0.3, 0.4) is 0 Å². The SMILES string of the molecule is Cc1cccnc1Nc1ccc(C2CN(C)CCO2)cc1. The third-order valence-electron chi connectivity index (χ3n) is 3.82. The number of pyridine rings is 1. The highest BCUT2D eigenvalue weighted by Crippen LogP contribution is 2.24. The molecule has 0 saturated carbocycles. The summed E-state index contributed by atoms with van der Waals surface area (Å²) in [7, 11) is 2.13. The van der Waals surface area contributed by atoms with Crippen LogP contribution in [0.15, 0.2) is 42.6 Å². The highest BCUT2D eigenvalue weighted by Gasteiger charge is 2.19. The minimum absolute atomic E-state index is 0.175. The number of morpholine rings is 1. The van der Waals surface area contributed by atoms with Crippen molar-refractivity contribution in [2.75, 3.05) is 32.1 Å². The summed E-state index contributed by atoms with van der Waals surface area (Å²) < 4.78 is 5.84. The summed E-state index contributed by atoms with van der Waals surface area (Å²) in [4.78, 5) is 6.66. The molecule has 4 nitrogen and oxygen atoms in total. The van der Waals surface area contributed by atoms with Crippen LogP contribution in [0.1, 0.15) is 17.2 Å². The average molecular weight is 283 g/mol. The van der Waals surface area contributed by atoms with Crippen molar-refractivity contribution in [2.45, 2.75) is 13.0 Å². The highest BCUT2D eigenvalue weighted by atomic mass is 16.5. The molecule has 3 rings (SSSR count). The fraction of sp³-hybridized carbons (Fsp3) is 0.353. The lowest BCUT2D eigenvalue weighted by atomic mass is 10.1. The summed E-state index contributed by atoms with van der Waals surface area (Å²) in [6.07, 6.45) is 1.98. The van der Waals surface area contributed by atoms with Crippen LogP contribution < -0.4 is 5.32 Å². The van der Waals surface area contributed by atoms with E-state index in [4.69, 9.17) is 4.74 Å². The standard InChI is InChI=1S/C17H21N3O/c1-13-4-3-9-18-17(13)19-15-7-5-14(6-8-15)16-12-20(2)10-11-21-16/h3-9,16H,10-12H2,1-2H3,(H,18,19). The summed E-state index contributed by atoms with van der Waals surface area (Å²) in [6, 6.07) is 12.4. The van der Waals surface area contributed by atoms with Gasteiger partial charge in [0.15, 0.2) is 0 Å². The van der Waals surface area contributed by atoms with E-state index in [1.165, 1.54) is 5.56 Å². The predicted octanol–water partition coefficient (Wildman–Crippen LogP) is 3.14. The first-order chi connectivity index (χ1) is 10.2. The molecule has 1 N–H and O–H groups in total. The second-order valence-electron chi connectivity index (χ2n) is 5.54. The molecule has 0 aliphatic carbocycles. The fourth-order valence-corrected chi connectivity index (χ4v) is 2.51. The van der Waals surface area contributed by atoms with Gasteiger partial charge in [0.1, 0.15) is 5.82 Å². The van der Waals surface area contributed by atoms with Gasteiger partial charge in [-0.25, -0.2) is 4.98 Å². The van der Waals surface area contributed by atoms with E-state index >= 15 is 0 Å². The topological polar surface area (TPSA) is 37.4 Å². The Morgan fingerprint density at radius 2 is 2.05 bits per heavy atom. The zero-order valence-electron chi connectivity index (χ0n) is 12.5. The molecule has 1 saturated heterocycles. The maximum atomic E-state index is 5.84. The Morgan fingerprint density at radius 1 is 1.24 bits per heavy atom. The zero-order chi connectivity index (χ0) is 14.7. The molecule has 21 heavy (non-hydrogen) atoms. The van der Waals surface area contributed by atoms with Gasteiger partial charge in [0.05, 0.1) is 12.7 Å². The smallest absolute Gasteiger partial charge is 0.133 e. The Bertz CT molecular complexity index is 597. The number of aromatic nitrogens is 1. The molecule has 0 spiro atoms. The number of nitrogens with zero attached hydrogens (tertiary/aromatic N) is 2. The van der Waals surface area contributed by atoms with Crippen LogP contribution in [0.2, 0.25) is 0 Å². The van der Waals surface area contributed by atoms with Gasteiger partial charge in [-0.05, 0) is 43.3 Å². The van der Waals surface area contributed by atoms with Gasteiger partial charge in [-0.1, -0.05) is 18.2 Å². The van der Waals surface area contributed by atoms with Crippen molar-refractivity contribution in [2.24, 2.45) is 0 Å². The van der Waals surface area contributed by atoms with Gasteiger partial charge in [-0.3, -0.25) is 0 Å². The van der Waals surface area contributed by atoms with Gasteiger partial charge in [-0.2, -0.15) is 0 Å². The molecule has 4 heteroatoms. The molecular weight excluding hydrogens is 262 g/mol. The first-order valence-corrected chi connectivity index (χ1v) is 7.31. The van der Waals surface area contributed by atoms with E-state index in [1.54, 1.807) is 6.20 Å². The van der Waals surface area contributed by atoms with Gasteiger partial charge >= 0.3 is 0 Å². The lowest BCUT2D eigenvalue weighted by molar-refractivity contribution is -0.0208. The Kier molecular flexibility index (Phi) is 4.18. The number of hydrogen-bond donors (Lipinski definition) is 1. The van der Waals surface area contributed by atoms with Crippen LogP contribution in [0.25, 0.3) is 0 Å². The Labute approximate surface area is 125 Å². The molecule has 1 aliphatic heterocycles. The second kappa shape index (κ2) is 6.24. The van der Waals surface area contributed by atoms with E-state index in [1.807, 2.05) is 6.07 Å². The van der Waals surface area contributed by atoms with Crippen molar-refractivity contribution in [1.29, 1.82) is 0 Å². The molecular formula is C17H21N3O. The minimum Gasteiger partial charge on any atom is -0.371 e. The molecule has 1 fully saturated rings. The van der Waals surface area contributed by atoms with Crippen LogP contribution in [0.5, 0.6) is 0 Å². The fourth-order valence-electron chi connectivity index (χ4n) is 2.51. The van der Waals surface area contributed by atoms with Crippen molar-refractivity contribution in [3.05, 3.63) is 53.7 Å². The average Bonchev–Trinajstić information content (AvgIpc) is 2.50. The second-order valence-corrected chi connectivity index (χ2v) is 5.54. The van der Waals surface area contributed by atoms with Crippen molar-refractivity contribution < 1.29 is 4.74 Å². The first-order valence-electron chi connectivity index (χ1n) is 7.31. The van der Waals surface area contributed by atoms with Gasteiger partial charge < -0.3 is 15.0 Å². The van der Waals surface area contributed by atoms with Crippen LogP contribution in [-0.4, -0.2) is 36.6 Å². The lowest BCUT2D eigenvalue weighted by Crippen LogP contribution is -2.35. The summed E-state index contributed by atoms with van der Waals surface area (Å²) in [6.45, 7) is 4.81. The van der Waals surface area contributed by atoms with E-state index in [0.717, 1.165) is 36.8 Å². The Hall–Kier alpha value is -1.91. The number of likely N-dealkylation sites (N-methyl/N-ethyl adjacent to an activating group) is 1. The summed E-state index contributed by atoms with van der Waals surface area (Å²) >= 11 is 0. The quantitative estimate of drug-likeness (QED) is 0.939. The molecule has 0 amide bonds. The van der Waals surface area contributed by atoms with E-state index in [2.05, 4.69) is 59.5 Å². The largest absolute Gasteiger partial charge is 0.371 e. The van der Waals surface area contributed by atoms with Gasteiger partial charge in [-0.15, -0.1) is 0 Å². The van der Waals surface area contributed by atoms with Gasteiger partial charge in [0.2, 0.25) is 0 Å². The lowest BCUT2D eigenvalue weighted by Gasteiger charge is -2.30. The molecule has 1 aromatic heterocycles. The molecule has 1 aliphatic rings. The van der Waals surface area contributed by atoms with Crippen molar-refractivity contribution >= 4 is 11.5 Å².